The lowest BCUT2D eigenvalue weighted by Crippen LogP contribution is -2.04. The van der Waals surface area contributed by atoms with Gasteiger partial charge in [-0.2, -0.15) is 0 Å². The van der Waals surface area contributed by atoms with E-state index in [4.69, 9.17) is 10.7 Å². The van der Waals surface area contributed by atoms with Crippen LogP contribution in [0.5, 0.6) is 0 Å². The van der Waals surface area contributed by atoms with Gasteiger partial charge in [-0.25, -0.2) is 12.8 Å². The van der Waals surface area contributed by atoms with Crippen LogP contribution in [0.25, 0.3) is 0 Å². The summed E-state index contributed by atoms with van der Waals surface area (Å²) in [4.78, 5) is 0. The van der Waals surface area contributed by atoms with Crippen molar-refractivity contribution in [2.45, 2.75) is 11.4 Å². The van der Waals surface area contributed by atoms with Gasteiger partial charge in [0.2, 0.25) is 0 Å². The third-order valence-electron chi connectivity index (χ3n) is 2.70. The molecule has 0 spiro atoms. The standard InChI is InChI=1S/C12H11ClFNO2S/c1-15-11(5-6-12(15)18(13,16)17)8-9-3-2-4-10(14)7-9/h2-7H,8H2,1H3. The fourth-order valence-corrected chi connectivity index (χ4v) is 2.95. The normalized spacial score (nSPS) is 11.7. The second-order valence-corrected chi connectivity index (χ2v) is 6.48. The van der Waals surface area contributed by atoms with Gasteiger partial charge in [-0.1, -0.05) is 12.1 Å². The largest absolute Gasteiger partial charge is 0.338 e. The minimum Gasteiger partial charge on any atom is -0.338 e. The number of benzene rings is 1. The summed E-state index contributed by atoms with van der Waals surface area (Å²) in [7, 11) is 3.16. The highest BCUT2D eigenvalue weighted by Gasteiger charge is 2.16. The summed E-state index contributed by atoms with van der Waals surface area (Å²) in [5.41, 5.74) is 1.52. The van der Waals surface area contributed by atoms with E-state index in [1.165, 1.54) is 22.8 Å². The van der Waals surface area contributed by atoms with Crippen LogP contribution in [0.3, 0.4) is 0 Å². The predicted octanol–water partition coefficient (Wildman–Crippen LogP) is 2.68. The molecule has 0 radical (unpaired) electrons. The van der Waals surface area contributed by atoms with E-state index in [0.29, 0.717) is 6.42 Å². The summed E-state index contributed by atoms with van der Waals surface area (Å²) in [6, 6.07) is 9.29. The molecule has 2 aromatic rings. The van der Waals surface area contributed by atoms with E-state index < -0.39 is 9.05 Å². The van der Waals surface area contributed by atoms with Crippen LogP contribution in [0.4, 0.5) is 4.39 Å². The summed E-state index contributed by atoms with van der Waals surface area (Å²) in [6.07, 6.45) is 0.445. The Morgan fingerprint density at radius 3 is 2.56 bits per heavy atom. The van der Waals surface area contributed by atoms with Gasteiger partial charge in [0.05, 0.1) is 0 Å². The first kappa shape index (κ1) is 13.1. The molecule has 1 aromatic heterocycles. The molecule has 1 heterocycles. The zero-order chi connectivity index (χ0) is 13.3. The van der Waals surface area contributed by atoms with Gasteiger partial charge in [-0.3, -0.25) is 0 Å². The summed E-state index contributed by atoms with van der Waals surface area (Å²) >= 11 is 0. The minimum atomic E-state index is -3.75. The van der Waals surface area contributed by atoms with Crippen LogP contribution < -0.4 is 0 Å². The number of aromatic nitrogens is 1. The summed E-state index contributed by atoms with van der Waals surface area (Å²) in [5, 5.41) is 0.0376. The van der Waals surface area contributed by atoms with E-state index in [-0.39, 0.29) is 10.8 Å². The summed E-state index contributed by atoms with van der Waals surface area (Å²) in [5.74, 6) is -0.313. The van der Waals surface area contributed by atoms with Crippen LogP contribution in [0.2, 0.25) is 0 Å². The Morgan fingerprint density at radius 2 is 2.00 bits per heavy atom. The number of hydrogen-bond donors (Lipinski definition) is 0. The summed E-state index contributed by atoms with van der Waals surface area (Å²) in [6.45, 7) is 0. The SMILES string of the molecule is Cn1c(Cc2cccc(F)c2)ccc1S(=O)(=O)Cl. The first-order valence-corrected chi connectivity index (χ1v) is 7.52. The number of nitrogens with zero attached hydrogens (tertiary/aromatic N) is 1. The highest BCUT2D eigenvalue weighted by molar-refractivity contribution is 8.13. The molecule has 0 atom stereocenters. The third-order valence-corrected chi connectivity index (χ3v) is 4.09. The topological polar surface area (TPSA) is 39.1 Å². The van der Waals surface area contributed by atoms with Gasteiger partial charge in [-0.05, 0) is 29.8 Å². The van der Waals surface area contributed by atoms with Crippen molar-refractivity contribution in [1.29, 1.82) is 0 Å². The van der Waals surface area contributed by atoms with Crippen LogP contribution in [0.1, 0.15) is 11.3 Å². The van der Waals surface area contributed by atoms with Crippen molar-refractivity contribution in [3.63, 3.8) is 0 Å². The second kappa shape index (κ2) is 4.74. The number of rotatable bonds is 3. The van der Waals surface area contributed by atoms with Gasteiger partial charge in [0.1, 0.15) is 5.82 Å². The maximum absolute atomic E-state index is 13.0. The summed E-state index contributed by atoms with van der Waals surface area (Å²) < 4.78 is 37.1. The van der Waals surface area contributed by atoms with Crippen molar-refractivity contribution in [2.24, 2.45) is 7.05 Å². The molecule has 0 bridgehead atoms. The quantitative estimate of drug-likeness (QED) is 0.814. The zero-order valence-electron chi connectivity index (χ0n) is 9.60. The predicted molar refractivity (Wildman–Crippen MR) is 67.7 cm³/mol. The van der Waals surface area contributed by atoms with E-state index in [0.717, 1.165) is 11.3 Å². The Hall–Kier alpha value is -1.33. The Labute approximate surface area is 109 Å². The fourth-order valence-electron chi connectivity index (χ4n) is 1.81. The maximum atomic E-state index is 13.0. The monoisotopic (exact) mass is 287 g/mol. The average molecular weight is 288 g/mol. The Balaban J connectivity index is 2.34. The van der Waals surface area contributed by atoms with E-state index >= 15 is 0 Å². The molecule has 0 N–H and O–H groups in total. The maximum Gasteiger partial charge on any atom is 0.276 e. The molecular weight excluding hydrogens is 277 g/mol. The zero-order valence-corrected chi connectivity index (χ0v) is 11.2. The molecule has 96 valence electrons. The van der Waals surface area contributed by atoms with Crippen LogP contribution in [-0.4, -0.2) is 13.0 Å². The van der Waals surface area contributed by atoms with Crippen molar-refractivity contribution in [2.75, 3.05) is 0 Å². The van der Waals surface area contributed by atoms with E-state index in [2.05, 4.69) is 0 Å². The lowest BCUT2D eigenvalue weighted by Gasteiger charge is -2.06. The van der Waals surface area contributed by atoms with Crippen molar-refractivity contribution in [1.82, 2.24) is 4.57 Å². The molecule has 0 unspecified atom stereocenters. The highest BCUT2D eigenvalue weighted by Crippen LogP contribution is 2.19. The smallest absolute Gasteiger partial charge is 0.276 e. The Bertz CT molecular complexity index is 679. The molecule has 0 saturated heterocycles. The number of halogens is 2. The van der Waals surface area contributed by atoms with Gasteiger partial charge in [0.25, 0.3) is 9.05 Å². The molecule has 0 aliphatic rings. The second-order valence-electron chi connectivity index (χ2n) is 3.97. The van der Waals surface area contributed by atoms with Gasteiger partial charge < -0.3 is 4.57 Å². The molecule has 18 heavy (non-hydrogen) atoms. The van der Waals surface area contributed by atoms with E-state index in [1.54, 1.807) is 25.2 Å². The highest BCUT2D eigenvalue weighted by atomic mass is 35.7. The molecule has 6 heteroatoms. The molecule has 0 aliphatic carbocycles. The Morgan fingerprint density at radius 1 is 1.28 bits per heavy atom. The first-order chi connectivity index (χ1) is 8.38. The lowest BCUT2D eigenvalue weighted by atomic mass is 10.1. The molecule has 3 nitrogen and oxygen atoms in total. The molecule has 0 fully saturated rings. The number of hydrogen-bond acceptors (Lipinski definition) is 2. The van der Waals surface area contributed by atoms with Crippen molar-refractivity contribution < 1.29 is 12.8 Å². The van der Waals surface area contributed by atoms with Crippen LogP contribution in [-0.2, 0) is 22.5 Å². The third kappa shape index (κ3) is 2.73. The molecule has 0 amide bonds. The molecule has 0 aliphatic heterocycles. The van der Waals surface area contributed by atoms with Gasteiger partial charge in [0.15, 0.2) is 5.03 Å². The molecule has 2 rings (SSSR count). The molecule has 0 saturated carbocycles. The van der Waals surface area contributed by atoms with Gasteiger partial charge in [-0.15, -0.1) is 0 Å². The van der Waals surface area contributed by atoms with Crippen LogP contribution in [0, 0.1) is 5.82 Å². The Kier molecular flexibility index (Phi) is 3.45. The average Bonchev–Trinajstić information content (AvgIpc) is 2.60. The van der Waals surface area contributed by atoms with Crippen LogP contribution >= 0.6 is 10.7 Å². The molecule has 1 aromatic carbocycles. The van der Waals surface area contributed by atoms with Crippen LogP contribution in [0.15, 0.2) is 41.4 Å². The van der Waals surface area contributed by atoms with E-state index in [9.17, 15) is 12.8 Å². The van der Waals surface area contributed by atoms with Crippen molar-refractivity contribution in [3.05, 3.63) is 53.5 Å². The van der Waals surface area contributed by atoms with Crippen molar-refractivity contribution >= 4 is 19.7 Å². The minimum absolute atomic E-state index is 0.0376. The van der Waals surface area contributed by atoms with Gasteiger partial charge >= 0.3 is 0 Å². The van der Waals surface area contributed by atoms with E-state index in [1.807, 2.05) is 0 Å². The first-order valence-electron chi connectivity index (χ1n) is 5.21. The molecular formula is C12H11ClFNO2S. The lowest BCUT2D eigenvalue weighted by molar-refractivity contribution is 0.597. The van der Waals surface area contributed by atoms with Gasteiger partial charge in [0, 0.05) is 29.8 Å². The fraction of sp³-hybridized carbons (Fsp3) is 0.167. The van der Waals surface area contributed by atoms with Crippen molar-refractivity contribution in [3.8, 4) is 0 Å².